The van der Waals surface area contributed by atoms with E-state index in [9.17, 15) is 4.79 Å². The number of fused-ring (bicyclic) bond motifs is 3. The molecule has 0 saturated heterocycles. The van der Waals surface area contributed by atoms with Crippen molar-refractivity contribution in [1.29, 1.82) is 0 Å². The van der Waals surface area contributed by atoms with Gasteiger partial charge in [0, 0.05) is 6.04 Å². The van der Waals surface area contributed by atoms with E-state index in [1.807, 2.05) is 72.8 Å². The van der Waals surface area contributed by atoms with Gasteiger partial charge in [-0.3, -0.25) is 9.20 Å². The van der Waals surface area contributed by atoms with Crippen LogP contribution >= 0.6 is 0 Å². The van der Waals surface area contributed by atoms with Crippen molar-refractivity contribution in [3.8, 4) is 17.1 Å². The SMILES string of the molecule is CC(C)n1c(=O)c2c(-c3cn(-c4ccccc4)nn3)ncn2c2ccccc21. The first-order chi connectivity index (χ1) is 13.6. The van der Waals surface area contributed by atoms with Crippen molar-refractivity contribution in [3.05, 3.63) is 77.5 Å². The van der Waals surface area contributed by atoms with Crippen molar-refractivity contribution < 1.29 is 0 Å². The second-order valence-electron chi connectivity index (χ2n) is 6.95. The molecule has 138 valence electrons. The molecule has 2 aromatic carbocycles. The molecule has 0 aliphatic rings. The van der Waals surface area contributed by atoms with Gasteiger partial charge in [-0.2, -0.15) is 0 Å². The van der Waals surface area contributed by atoms with E-state index in [0.29, 0.717) is 16.9 Å². The normalized spacial score (nSPS) is 11.7. The van der Waals surface area contributed by atoms with Crippen molar-refractivity contribution in [3.63, 3.8) is 0 Å². The highest BCUT2D eigenvalue weighted by molar-refractivity contribution is 5.84. The summed E-state index contributed by atoms with van der Waals surface area (Å²) in [7, 11) is 0. The van der Waals surface area contributed by atoms with Gasteiger partial charge in [-0.05, 0) is 38.1 Å². The predicted molar refractivity (Wildman–Crippen MR) is 108 cm³/mol. The van der Waals surface area contributed by atoms with Crippen molar-refractivity contribution >= 4 is 16.6 Å². The van der Waals surface area contributed by atoms with Gasteiger partial charge in [0.1, 0.15) is 23.2 Å². The molecule has 5 rings (SSSR count). The molecule has 3 heterocycles. The molecule has 0 aliphatic heterocycles. The standard InChI is InChI=1S/C21H18N6O/c1-14(2)27-18-11-7-6-10-17(18)25-13-22-19(20(25)21(27)28)16-12-26(24-23-16)15-8-4-3-5-9-15/h3-14H,1-2H3. The Balaban J connectivity index is 1.79. The van der Waals surface area contributed by atoms with E-state index in [1.54, 1.807) is 21.8 Å². The van der Waals surface area contributed by atoms with Crippen LogP contribution in [0.5, 0.6) is 0 Å². The third kappa shape index (κ3) is 2.36. The molecule has 0 fully saturated rings. The Morgan fingerprint density at radius 1 is 0.929 bits per heavy atom. The molecule has 5 aromatic rings. The molecule has 0 amide bonds. The minimum Gasteiger partial charge on any atom is -0.302 e. The van der Waals surface area contributed by atoms with Gasteiger partial charge in [0.15, 0.2) is 0 Å². The van der Waals surface area contributed by atoms with Crippen LogP contribution in [0.2, 0.25) is 0 Å². The zero-order valence-electron chi connectivity index (χ0n) is 15.5. The van der Waals surface area contributed by atoms with Crippen LogP contribution in [0, 0.1) is 0 Å². The number of rotatable bonds is 3. The lowest BCUT2D eigenvalue weighted by Crippen LogP contribution is -2.24. The van der Waals surface area contributed by atoms with Gasteiger partial charge in [0.05, 0.1) is 22.9 Å². The van der Waals surface area contributed by atoms with Gasteiger partial charge in [-0.1, -0.05) is 35.5 Å². The Bertz CT molecular complexity index is 1360. The number of nitrogens with zero attached hydrogens (tertiary/aromatic N) is 6. The van der Waals surface area contributed by atoms with Crippen LogP contribution in [0.3, 0.4) is 0 Å². The summed E-state index contributed by atoms with van der Waals surface area (Å²) in [6.45, 7) is 4.01. The Morgan fingerprint density at radius 3 is 2.39 bits per heavy atom. The van der Waals surface area contributed by atoms with Crippen LogP contribution < -0.4 is 5.56 Å². The molecule has 0 bridgehead atoms. The first kappa shape index (κ1) is 16.4. The molecule has 0 saturated carbocycles. The molecule has 28 heavy (non-hydrogen) atoms. The molecular formula is C21H18N6O. The fraction of sp³-hybridized carbons (Fsp3) is 0.143. The maximum Gasteiger partial charge on any atom is 0.277 e. The Labute approximate surface area is 160 Å². The summed E-state index contributed by atoms with van der Waals surface area (Å²) in [4.78, 5) is 17.9. The Morgan fingerprint density at radius 2 is 1.64 bits per heavy atom. The summed E-state index contributed by atoms with van der Waals surface area (Å²) >= 11 is 0. The van der Waals surface area contributed by atoms with Crippen molar-refractivity contribution in [2.45, 2.75) is 19.9 Å². The van der Waals surface area contributed by atoms with Gasteiger partial charge in [0.2, 0.25) is 0 Å². The lowest BCUT2D eigenvalue weighted by Gasteiger charge is -2.15. The second kappa shape index (κ2) is 6.16. The second-order valence-corrected chi connectivity index (χ2v) is 6.95. The number of imidazole rings is 1. The van der Waals surface area contributed by atoms with Crippen LogP contribution in [-0.2, 0) is 0 Å². The first-order valence-corrected chi connectivity index (χ1v) is 9.13. The van der Waals surface area contributed by atoms with E-state index >= 15 is 0 Å². The molecule has 0 N–H and O–H groups in total. The molecule has 0 radical (unpaired) electrons. The zero-order chi connectivity index (χ0) is 19.3. The minimum atomic E-state index is -0.0875. The lowest BCUT2D eigenvalue weighted by molar-refractivity contribution is 0.601. The number of hydrogen-bond acceptors (Lipinski definition) is 4. The molecular weight excluding hydrogens is 352 g/mol. The van der Waals surface area contributed by atoms with Gasteiger partial charge in [-0.25, -0.2) is 9.67 Å². The highest BCUT2D eigenvalue weighted by atomic mass is 16.1. The first-order valence-electron chi connectivity index (χ1n) is 9.13. The summed E-state index contributed by atoms with van der Waals surface area (Å²) in [6.07, 6.45) is 3.48. The van der Waals surface area contributed by atoms with E-state index in [2.05, 4.69) is 15.3 Å². The lowest BCUT2D eigenvalue weighted by atomic mass is 10.2. The maximum absolute atomic E-state index is 13.4. The van der Waals surface area contributed by atoms with Crippen LogP contribution in [0.25, 0.3) is 33.6 Å². The smallest absolute Gasteiger partial charge is 0.277 e. The molecule has 0 unspecified atom stereocenters. The molecule has 0 atom stereocenters. The summed E-state index contributed by atoms with van der Waals surface area (Å²) in [6, 6.07) is 17.6. The summed E-state index contributed by atoms with van der Waals surface area (Å²) < 4.78 is 5.33. The highest BCUT2D eigenvalue weighted by Gasteiger charge is 2.20. The van der Waals surface area contributed by atoms with Crippen LogP contribution in [-0.4, -0.2) is 28.9 Å². The number of aromatic nitrogens is 6. The number of benzene rings is 2. The topological polar surface area (TPSA) is 70.0 Å². The van der Waals surface area contributed by atoms with E-state index in [-0.39, 0.29) is 11.6 Å². The highest BCUT2D eigenvalue weighted by Crippen LogP contribution is 2.24. The zero-order valence-corrected chi connectivity index (χ0v) is 15.5. The van der Waals surface area contributed by atoms with E-state index < -0.39 is 0 Å². The Hall–Kier alpha value is -3.74. The van der Waals surface area contributed by atoms with Crippen molar-refractivity contribution in [2.24, 2.45) is 0 Å². The largest absolute Gasteiger partial charge is 0.302 e. The van der Waals surface area contributed by atoms with Crippen LogP contribution in [0.15, 0.2) is 71.9 Å². The number of hydrogen-bond donors (Lipinski definition) is 0. The summed E-state index contributed by atoms with van der Waals surface area (Å²) in [5.41, 5.74) is 4.23. The van der Waals surface area contributed by atoms with Crippen molar-refractivity contribution in [1.82, 2.24) is 28.9 Å². The van der Waals surface area contributed by atoms with E-state index in [1.165, 1.54) is 0 Å². The summed E-state index contributed by atoms with van der Waals surface area (Å²) in [5, 5.41) is 8.48. The number of para-hydroxylation sites is 3. The quantitative estimate of drug-likeness (QED) is 0.488. The van der Waals surface area contributed by atoms with E-state index in [4.69, 9.17) is 0 Å². The van der Waals surface area contributed by atoms with Gasteiger partial charge < -0.3 is 4.57 Å². The average Bonchev–Trinajstić information content (AvgIpc) is 3.36. The third-order valence-corrected chi connectivity index (χ3v) is 4.86. The molecule has 7 heteroatoms. The minimum absolute atomic E-state index is 0.0187. The molecule has 0 spiro atoms. The molecule has 7 nitrogen and oxygen atoms in total. The van der Waals surface area contributed by atoms with Crippen LogP contribution in [0.4, 0.5) is 0 Å². The van der Waals surface area contributed by atoms with Gasteiger partial charge >= 0.3 is 0 Å². The van der Waals surface area contributed by atoms with Gasteiger partial charge in [-0.15, -0.1) is 5.10 Å². The fourth-order valence-corrected chi connectivity index (χ4v) is 3.61. The monoisotopic (exact) mass is 370 g/mol. The average molecular weight is 370 g/mol. The fourth-order valence-electron chi connectivity index (χ4n) is 3.61. The Kier molecular flexibility index (Phi) is 3.61. The maximum atomic E-state index is 13.4. The third-order valence-electron chi connectivity index (χ3n) is 4.86. The van der Waals surface area contributed by atoms with Crippen LogP contribution in [0.1, 0.15) is 19.9 Å². The molecule has 0 aliphatic carbocycles. The summed E-state index contributed by atoms with van der Waals surface area (Å²) in [5.74, 6) is 0. The molecule has 3 aromatic heterocycles. The predicted octanol–water partition coefficient (Wildman–Crippen LogP) is 3.48. The van der Waals surface area contributed by atoms with Gasteiger partial charge in [0.25, 0.3) is 5.56 Å². The van der Waals surface area contributed by atoms with Crippen molar-refractivity contribution in [2.75, 3.05) is 0 Å². The van der Waals surface area contributed by atoms with E-state index in [0.717, 1.165) is 16.7 Å².